The van der Waals surface area contributed by atoms with Crippen LogP contribution < -0.4 is 5.32 Å². The summed E-state index contributed by atoms with van der Waals surface area (Å²) in [5.41, 5.74) is 5.69. The number of hydrogen-bond donors (Lipinski definition) is 1. The van der Waals surface area contributed by atoms with Gasteiger partial charge < -0.3 is 10.2 Å². The van der Waals surface area contributed by atoms with E-state index in [4.69, 9.17) is 0 Å². The molecule has 0 bridgehead atoms. The molecular formula is C29H31N3O2. The minimum absolute atomic E-state index is 0.0299. The van der Waals surface area contributed by atoms with Crippen molar-refractivity contribution < 1.29 is 9.59 Å². The highest BCUT2D eigenvalue weighted by atomic mass is 16.2. The summed E-state index contributed by atoms with van der Waals surface area (Å²) in [6.07, 6.45) is 5.90. The van der Waals surface area contributed by atoms with Gasteiger partial charge in [-0.3, -0.25) is 14.6 Å². The van der Waals surface area contributed by atoms with Crippen molar-refractivity contribution in [3.05, 3.63) is 89.7 Å². The van der Waals surface area contributed by atoms with Gasteiger partial charge in [0.05, 0.1) is 0 Å². The van der Waals surface area contributed by atoms with E-state index in [9.17, 15) is 9.59 Å². The van der Waals surface area contributed by atoms with Gasteiger partial charge in [-0.1, -0.05) is 62.4 Å². The lowest BCUT2D eigenvalue weighted by molar-refractivity contribution is -0.152. The summed E-state index contributed by atoms with van der Waals surface area (Å²) < 4.78 is 0. The van der Waals surface area contributed by atoms with Crippen LogP contribution >= 0.6 is 0 Å². The van der Waals surface area contributed by atoms with Crippen molar-refractivity contribution in [1.29, 1.82) is 0 Å². The van der Waals surface area contributed by atoms with Gasteiger partial charge in [0.25, 0.3) is 0 Å². The second-order valence-corrected chi connectivity index (χ2v) is 9.98. The van der Waals surface area contributed by atoms with Crippen LogP contribution in [0.15, 0.2) is 73.1 Å². The summed E-state index contributed by atoms with van der Waals surface area (Å²) >= 11 is 0. The molecule has 1 aliphatic carbocycles. The van der Waals surface area contributed by atoms with Crippen LogP contribution in [-0.4, -0.2) is 33.8 Å². The van der Waals surface area contributed by atoms with Gasteiger partial charge in [-0.05, 0) is 71.0 Å². The molecule has 1 aliphatic heterocycles. The Kier molecular flexibility index (Phi) is 6.18. The van der Waals surface area contributed by atoms with Gasteiger partial charge in [-0.15, -0.1) is 0 Å². The minimum Gasteiger partial charge on any atom is -0.342 e. The monoisotopic (exact) mass is 453 g/mol. The van der Waals surface area contributed by atoms with Crippen LogP contribution in [0.5, 0.6) is 0 Å². The topological polar surface area (TPSA) is 62.3 Å². The Bertz CT molecular complexity index is 1170. The summed E-state index contributed by atoms with van der Waals surface area (Å²) in [7, 11) is 0. The highest BCUT2D eigenvalue weighted by Gasteiger charge is 2.45. The molecule has 3 aromatic rings. The molecule has 1 fully saturated rings. The molecule has 2 aromatic carbocycles. The van der Waals surface area contributed by atoms with Crippen molar-refractivity contribution in [3.8, 4) is 11.1 Å². The third kappa shape index (κ3) is 4.47. The van der Waals surface area contributed by atoms with Crippen molar-refractivity contribution in [2.45, 2.75) is 51.7 Å². The molecule has 5 heteroatoms. The van der Waals surface area contributed by atoms with Gasteiger partial charge in [0, 0.05) is 18.9 Å². The molecule has 2 amide bonds. The fourth-order valence-electron chi connectivity index (χ4n) is 5.38. The molecule has 1 N–H and O–H groups in total. The zero-order valence-corrected chi connectivity index (χ0v) is 19.8. The molecule has 5 rings (SSSR count). The molecule has 2 heterocycles. The molecule has 0 radical (unpaired) electrons. The van der Waals surface area contributed by atoms with Crippen LogP contribution in [-0.2, 0) is 29.0 Å². The standard InChI is InChI=1S/C29H31N3O2/c1-19(2)13-26-28(33)31-27(25-15-22-8-3-4-9-23(22)16-25)29(34)32(26)18-20-7-5-10-21(14-20)24-11-6-12-30-17-24/h3-12,14,17,19,25-27H,13,15-16,18H2,1-2H3,(H,31,33)/t26-,27-/m1/s1. The molecule has 2 aliphatic rings. The Morgan fingerprint density at radius 1 is 0.971 bits per heavy atom. The summed E-state index contributed by atoms with van der Waals surface area (Å²) in [5, 5.41) is 3.11. The van der Waals surface area contributed by atoms with E-state index < -0.39 is 12.1 Å². The molecular weight excluding hydrogens is 422 g/mol. The Labute approximate surface area is 201 Å². The van der Waals surface area contributed by atoms with E-state index in [1.54, 1.807) is 6.20 Å². The zero-order chi connectivity index (χ0) is 23.7. The first-order valence-corrected chi connectivity index (χ1v) is 12.2. The number of carbonyl (C=O) groups excluding carboxylic acids is 2. The molecule has 1 aromatic heterocycles. The summed E-state index contributed by atoms with van der Waals surface area (Å²) in [6, 6.07) is 19.6. The van der Waals surface area contributed by atoms with E-state index in [0.717, 1.165) is 29.5 Å². The first kappa shape index (κ1) is 22.3. The number of fused-ring (bicyclic) bond motifs is 1. The van der Waals surface area contributed by atoms with Crippen LogP contribution in [0.2, 0.25) is 0 Å². The number of hydrogen-bond acceptors (Lipinski definition) is 3. The highest BCUT2D eigenvalue weighted by Crippen LogP contribution is 2.32. The smallest absolute Gasteiger partial charge is 0.246 e. The van der Waals surface area contributed by atoms with Gasteiger partial charge in [0.15, 0.2) is 0 Å². The zero-order valence-electron chi connectivity index (χ0n) is 19.8. The lowest BCUT2D eigenvalue weighted by atomic mass is 9.89. The first-order valence-electron chi connectivity index (χ1n) is 12.2. The van der Waals surface area contributed by atoms with E-state index in [0.29, 0.717) is 18.9 Å². The van der Waals surface area contributed by atoms with Crippen LogP contribution in [0.1, 0.15) is 37.0 Å². The lowest BCUT2D eigenvalue weighted by Gasteiger charge is -2.41. The Balaban J connectivity index is 1.42. The fourth-order valence-corrected chi connectivity index (χ4v) is 5.38. The largest absolute Gasteiger partial charge is 0.342 e. The fraction of sp³-hybridized carbons (Fsp3) is 0.345. The normalized spacial score (nSPS) is 20.5. The Hall–Kier alpha value is -3.47. The van der Waals surface area contributed by atoms with Crippen molar-refractivity contribution in [2.75, 3.05) is 0 Å². The number of amides is 2. The van der Waals surface area contributed by atoms with Crippen molar-refractivity contribution in [2.24, 2.45) is 11.8 Å². The number of piperazine rings is 1. The molecule has 2 atom stereocenters. The van der Waals surface area contributed by atoms with E-state index >= 15 is 0 Å². The summed E-state index contributed by atoms with van der Waals surface area (Å²) in [5.74, 6) is 0.408. The molecule has 0 unspecified atom stereocenters. The van der Waals surface area contributed by atoms with Crippen LogP contribution in [0, 0.1) is 11.8 Å². The number of rotatable bonds is 6. The van der Waals surface area contributed by atoms with Crippen molar-refractivity contribution in [3.63, 3.8) is 0 Å². The Morgan fingerprint density at radius 3 is 2.38 bits per heavy atom. The maximum absolute atomic E-state index is 13.9. The molecule has 1 saturated heterocycles. The average Bonchev–Trinajstić information content (AvgIpc) is 3.28. The third-order valence-corrected chi connectivity index (χ3v) is 7.05. The second-order valence-electron chi connectivity index (χ2n) is 9.98. The lowest BCUT2D eigenvalue weighted by Crippen LogP contribution is -2.65. The second kappa shape index (κ2) is 9.41. The molecule has 174 valence electrons. The van der Waals surface area contributed by atoms with Crippen molar-refractivity contribution >= 4 is 11.8 Å². The van der Waals surface area contributed by atoms with E-state index in [-0.39, 0.29) is 17.7 Å². The van der Waals surface area contributed by atoms with Crippen LogP contribution in [0.4, 0.5) is 0 Å². The molecule has 34 heavy (non-hydrogen) atoms. The van der Waals surface area contributed by atoms with E-state index in [1.807, 2.05) is 47.5 Å². The number of carbonyl (C=O) groups is 2. The van der Waals surface area contributed by atoms with Gasteiger partial charge in [-0.25, -0.2) is 0 Å². The molecule has 0 saturated carbocycles. The number of nitrogens with one attached hydrogen (secondary N) is 1. The number of nitrogens with zero attached hydrogens (tertiary/aromatic N) is 2. The summed E-state index contributed by atoms with van der Waals surface area (Å²) in [4.78, 5) is 33.2. The maximum atomic E-state index is 13.9. The van der Waals surface area contributed by atoms with Gasteiger partial charge in [0.1, 0.15) is 12.1 Å². The number of pyridine rings is 1. The number of aromatic nitrogens is 1. The average molecular weight is 454 g/mol. The van der Waals surface area contributed by atoms with Gasteiger partial charge >= 0.3 is 0 Å². The van der Waals surface area contributed by atoms with E-state index in [1.165, 1.54) is 11.1 Å². The highest BCUT2D eigenvalue weighted by molar-refractivity contribution is 5.97. The molecule has 5 nitrogen and oxygen atoms in total. The number of benzene rings is 2. The van der Waals surface area contributed by atoms with E-state index in [2.05, 4.69) is 48.4 Å². The Morgan fingerprint density at radius 2 is 1.71 bits per heavy atom. The minimum atomic E-state index is -0.482. The third-order valence-electron chi connectivity index (χ3n) is 7.05. The predicted molar refractivity (Wildman–Crippen MR) is 133 cm³/mol. The van der Waals surface area contributed by atoms with Gasteiger partial charge in [0.2, 0.25) is 11.8 Å². The van der Waals surface area contributed by atoms with Crippen LogP contribution in [0.3, 0.4) is 0 Å². The maximum Gasteiger partial charge on any atom is 0.246 e. The van der Waals surface area contributed by atoms with Crippen LogP contribution in [0.25, 0.3) is 11.1 Å². The van der Waals surface area contributed by atoms with Gasteiger partial charge in [-0.2, -0.15) is 0 Å². The predicted octanol–water partition coefficient (Wildman–Crippen LogP) is 4.41. The summed E-state index contributed by atoms with van der Waals surface area (Å²) in [6.45, 7) is 4.62. The quantitative estimate of drug-likeness (QED) is 0.602. The van der Waals surface area contributed by atoms with Crippen molar-refractivity contribution in [1.82, 2.24) is 15.2 Å². The molecule has 0 spiro atoms. The first-order chi connectivity index (χ1) is 16.5. The SMILES string of the molecule is CC(C)C[C@@H]1C(=O)N[C@H](C2Cc3ccccc3C2)C(=O)N1Cc1cccc(-c2cccnc2)c1.